The minimum absolute atomic E-state index is 0.0942. The average Bonchev–Trinajstić information content (AvgIpc) is 3.46. The van der Waals surface area contributed by atoms with Gasteiger partial charge in [-0.2, -0.15) is 0 Å². The Morgan fingerprint density at radius 3 is 2.52 bits per heavy atom. The molecule has 156 valence electrons. The van der Waals surface area contributed by atoms with Crippen LogP contribution in [-0.2, 0) is 25.7 Å². The Morgan fingerprint density at radius 2 is 1.90 bits per heavy atom. The topological polar surface area (TPSA) is 114 Å². The van der Waals surface area contributed by atoms with Crippen LogP contribution in [-0.4, -0.2) is 42.8 Å². The number of alkyl carbamates (subject to hydrolysis) is 1. The first-order valence-electron chi connectivity index (χ1n) is 10.1. The van der Waals surface area contributed by atoms with Crippen LogP contribution >= 0.6 is 0 Å². The summed E-state index contributed by atoms with van der Waals surface area (Å²) in [6.45, 7) is 0.695. The highest BCUT2D eigenvalue weighted by atomic mass is 16.5. The van der Waals surface area contributed by atoms with Gasteiger partial charge in [0, 0.05) is 12.5 Å². The first kappa shape index (κ1) is 20.8. The summed E-state index contributed by atoms with van der Waals surface area (Å²) in [5.41, 5.74) is 0.849. The molecule has 8 nitrogen and oxygen atoms in total. The quantitative estimate of drug-likeness (QED) is 0.511. The van der Waals surface area contributed by atoms with Gasteiger partial charge >= 0.3 is 6.09 Å². The minimum atomic E-state index is -0.773. The van der Waals surface area contributed by atoms with Crippen molar-refractivity contribution in [3.63, 3.8) is 0 Å². The van der Waals surface area contributed by atoms with Crippen LogP contribution in [0.3, 0.4) is 0 Å². The van der Waals surface area contributed by atoms with E-state index < -0.39 is 24.1 Å². The number of carbonyl (C=O) groups excluding carboxylic acids is 4. The summed E-state index contributed by atoms with van der Waals surface area (Å²) in [5.74, 6) is -0.418. The van der Waals surface area contributed by atoms with Gasteiger partial charge in [-0.05, 0) is 30.7 Å². The molecule has 1 saturated carbocycles. The third kappa shape index (κ3) is 6.58. The number of benzene rings is 1. The fourth-order valence-electron chi connectivity index (χ4n) is 3.43. The lowest BCUT2D eigenvalue weighted by atomic mass is 9.98. The van der Waals surface area contributed by atoms with Crippen molar-refractivity contribution in [2.24, 2.45) is 11.8 Å². The highest BCUT2D eigenvalue weighted by molar-refractivity contribution is 5.88. The Bertz CT molecular complexity index is 735. The molecule has 3 atom stereocenters. The van der Waals surface area contributed by atoms with Crippen LogP contribution in [0.2, 0.25) is 0 Å². The van der Waals surface area contributed by atoms with E-state index in [9.17, 15) is 19.2 Å². The molecule has 8 heteroatoms. The zero-order valence-corrected chi connectivity index (χ0v) is 16.3. The Labute approximate surface area is 169 Å². The Hall–Kier alpha value is -2.90. The van der Waals surface area contributed by atoms with Gasteiger partial charge in [-0.3, -0.25) is 9.59 Å². The molecule has 0 aromatic heterocycles. The third-order valence-corrected chi connectivity index (χ3v) is 5.28. The highest BCUT2D eigenvalue weighted by Gasteiger charge is 2.33. The van der Waals surface area contributed by atoms with E-state index in [0.717, 1.165) is 18.4 Å². The molecule has 29 heavy (non-hydrogen) atoms. The molecule has 3 unspecified atom stereocenters. The van der Waals surface area contributed by atoms with Crippen LogP contribution in [0.1, 0.15) is 37.7 Å². The SMILES string of the molecule is O=CC(CC1CCNC1=O)NC(=O)C(CC1CC1)NC(=O)OCc1ccccc1. The molecule has 1 heterocycles. The maximum absolute atomic E-state index is 12.7. The summed E-state index contributed by atoms with van der Waals surface area (Å²) >= 11 is 0. The lowest BCUT2D eigenvalue weighted by molar-refractivity contribution is -0.127. The predicted molar refractivity (Wildman–Crippen MR) is 105 cm³/mol. The lowest BCUT2D eigenvalue weighted by Crippen LogP contribution is -2.50. The molecule has 0 radical (unpaired) electrons. The van der Waals surface area contributed by atoms with Crippen molar-refractivity contribution in [3.05, 3.63) is 35.9 Å². The zero-order chi connectivity index (χ0) is 20.6. The van der Waals surface area contributed by atoms with E-state index in [1.165, 1.54) is 0 Å². The molecule has 2 fully saturated rings. The maximum atomic E-state index is 12.7. The second-order valence-corrected chi connectivity index (χ2v) is 7.70. The molecular weight excluding hydrogens is 374 g/mol. The van der Waals surface area contributed by atoms with Gasteiger partial charge in [0.15, 0.2) is 0 Å². The van der Waals surface area contributed by atoms with Crippen LogP contribution in [0, 0.1) is 11.8 Å². The van der Waals surface area contributed by atoms with Crippen molar-refractivity contribution in [3.8, 4) is 0 Å². The first-order valence-corrected chi connectivity index (χ1v) is 10.1. The fraction of sp³-hybridized carbons (Fsp3) is 0.524. The smallest absolute Gasteiger partial charge is 0.408 e. The van der Waals surface area contributed by atoms with E-state index in [1.54, 1.807) is 0 Å². The Morgan fingerprint density at radius 1 is 1.14 bits per heavy atom. The number of amides is 3. The van der Waals surface area contributed by atoms with Crippen molar-refractivity contribution in [2.45, 2.75) is 50.8 Å². The predicted octanol–water partition coefficient (Wildman–Crippen LogP) is 1.29. The van der Waals surface area contributed by atoms with E-state index in [4.69, 9.17) is 4.74 Å². The Balaban J connectivity index is 1.52. The van der Waals surface area contributed by atoms with Crippen LogP contribution in [0.5, 0.6) is 0 Å². The molecule has 0 bridgehead atoms. The summed E-state index contributed by atoms with van der Waals surface area (Å²) in [5, 5.41) is 8.01. The first-order chi connectivity index (χ1) is 14.0. The molecule has 1 aliphatic heterocycles. The fourth-order valence-corrected chi connectivity index (χ4v) is 3.43. The standard InChI is InChI=1S/C21H27N3O5/c25-12-17(11-16-8-9-22-19(16)26)23-20(27)18(10-14-6-7-14)24-21(28)29-13-15-4-2-1-3-5-15/h1-5,12,14,16-18H,6-11,13H2,(H,22,26)(H,23,27)(H,24,28). The maximum Gasteiger partial charge on any atom is 0.408 e. The number of ether oxygens (including phenoxy) is 1. The van der Waals surface area contributed by atoms with Gasteiger partial charge in [0.05, 0.1) is 6.04 Å². The van der Waals surface area contributed by atoms with E-state index >= 15 is 0 Å². The van der Waals surface area contributed by atoms with E-state index in [1.807, 2.05) is 30.3 Å². The van der Waals surface area contributed by atoms with E-state index in [-0.39, 0.29) is 24.9 Å². The van der Waals surface area contributed by atoms with Gasteiger partial charge in [0.1, 0.15) is 18.9 Å². The Kier molecular flexibility index (Phi) is 7.21. The second-order valence-electron chi connectivity index (χ2n) is 7.70. The van der Waals surface area contributed by atoms with Gasteiger partial charge < -0.3 is 25.5 Å². The molecule has 1 aliphatic carbocycles. The average molecular weight is 401 g/mol. The molecule has 2 aliphatic rings. The zero-order valence-electron chi connectivity index (χ0n) is 16.3. The normalized spacial score (nSPS) is 20.3. The largest absolute Gasteiger partial charge is 0.445 e. The molecule has 1 saturated heterocycles. The molecule has 3 rings (SSSR count). The summed E-state index contributed by atoms with van der Waals surface area (Å²) in [7, 11) is 0. The van der Waals surface area contributed by atoms with Crippen molar-refractivity contribution >= 4 is 24.2 Å². The van der Waals surface area contributed by atoms with Crippen LogP contribution in [0.4, 0.5) is 4.79 Å². The van der Waals surface area contributed by atoms with Gasteiger partial charge in [0.25, 0.3) is 0 Å². The van der Waals surface area contributed by atoms with Crippen LogP contribution < -0.4 is 16.0 Å². The van der Waals surface area contributed by atoms with Crippen molar-refractivity contribution in [1.82, 2.24) is 16.0 Å². The lowest BCUT2D eigenvalue weighted by Gasteiger charge is -2.21. The van der Waals surface area contributed by atoms with Crippen molar-refractivity contribution < 1.29 is 23.9 Å². The van der Waals surface area contributed by atoms with Crippen molar-refractivity contribution in [1.29, 1.82) is 0 Å². The summed E-state index contributed by atoms with van der Waals surface area (Å²) in [4.78, 5) is 48.0. The van der Waals surface area contributed by atoms with Gasteiger partial charge in [-0.25, -0.2) is 4.79 Å². The minimum Gasteiger partial charge on any atom is -0.445 e. The van der Waals surface area contributed by atoms with Gasteiger partial charge in [-0.1, -0.05) is 43.2 Å². The number of hydrogen-bond acceptors (Lipinski definition) is 5. The number of hydrogen-bond donors (Lipinski definition) is 3. The number of aldehydes is 1. The molecule has 0 spiro atoms. The second kappa shape index (κ2) is 10.0. The third-order valence-electron chi connectivity index (χ3n) is 5.28. The number of nitrogens with one attached hydrogen (secondary N) is 3. The highest BCUT2D eigenvalue weighted by Crippen LogP contribution is 2.33. The monoisotopic (exact) mass is 401 g/mol. The van der Waals surface area contributed by atoms with Crippen LogP contribution in [0.25, 0.3) is 0 Å². The number of carbonyl (C=O) groups is 4. The molecule has 1 aromatic carbocycles. The van der Waals surface area contributed by atoms with E-state index in [0.29, 0.717) is 31.6 Å². The molecule has 3 N–H and O–H groups in total. The van der Waals surface area contributed by atoms with Crippen LogP contribution in [0.15, 0.2) is 30.3 Å². The summed E-state index contributed by atoms with van der Waals surface area (Å²) < 4.78 is 5.21. The van der Waals surface area contributed by atoms with Crippen molar-refractivity contribution in [2.75, 3.05) is 6.54 Å². The summed E-state index contributed by atoms with van der Waals surface area (Å²) in [6.07, 6.45) is 3.41. The van der Waals surface area contributed by atoms with Gasteiger partial charge in [0.2, 0.25) is 11.8 Å². The molecule has 3 amide bonds. The number of rotatable bonds is 10. The van der Waals surface area contributed by atoms with E-state index in [2.05, 4.69) is 16.0 Å². The van der Waals surface area contributed by atoms with Gasteiger partial charge in [-0.15, -0.1) is 0 Å². The summed E-state index contributed by atoms with van der Waals surface area (Å²) in [6, 6.07) is 7.73. The molecule has 1 aromatic rings. The molecular formula is C21H27N3O5.